The highest BCUT2D eigenvalue weighted by Gasteiger charge is 2.15. The van der Waals surface area contributed by atoms with Gasteiger partial charge in [-0.15, -0.1) is 16.4 Å². The van der Waals surface area contributed by atoms with E-state index in [0.717, 1.165) is 5.16 Å². The van der Waals surface area contributed by atoms with E-state index < -0.39 is 0 Å². The van der Waals surface area contributed by atoms with Gasteiger partial charge in [0.15, 0.2) is 11.2 Å². The molecule has 4 aromatic rings. The van der Waals surface area contributed by atoms with Crippen LogP contribution in [0.1, 0.15) is 11.3 Å². The monoisotopic (exact) mass is 418 g/mol. The van der Waals surface area contributed by atoms with Crippen molar-refractivity contribution in [2.75, 3.05) is 5.75 Å². The van der Waals surface area contributed by atoms with E-state index in [4.69, 9.17) is 0 Å². The van der Waals surface area contributed by atoms with E-state index in [2.05, 4.69) is 20.5 Å². The highest BCUT2D eigenvalue weighted by molar-refractivity contribution is 7.99. The highest BCUT2D eigenvalue weighted by atomic mass is 32.2. The van der Waals surface area contributed by atoms with Gasteiger partial charge in [0, 0.05) is 31.3 Å². The van der Waals surface area contributed by atoms with Crippen LogP contribution in [0, 0.1) is 0 Å². The fourth-order valence-electron chi connectivity index (χ4n) is 2.93. The Bertz CT molecular complexity index is 1220. The quantitative estimate of drug-likeness (QED) is 0.321. The predicted molar refractivity (Wildman–Crippen MR) is 107 cm³/mol. The van der Waals surface area contributed by atoms with Gasteiger partial charge in [-0.05, 0) is 28.3 Å². The van der Waals surface area contributed by atoms with Gasteiger partial charge in [-0.1, -0.05) is 17.8 Å². The van der Waals surface area contributed by atoms with Crippen molar-refractivity contribution in [2.45, 2.75) is 24.7 Å². The van der Waals surface area contributed by atoms with Gasteiger partial charge in [0.25, 0.3) is 5.56 Å². The summed E-state index contributed by atoms with van der Waals surface area (Å²) in [5, 5.41) is 14.6. The van der Waals surface area contributed by atoms with Crippen LogP contribution in [-0.4, -0.2) is 44.6 Å². The molecule has 0 bridgehead atoms. The molecule has 10 nitrogen and oxygen atoms in total. The molecule has 0 aliphatic heterocycles. The van der Waals surface area contributed by atoms with E-state index in [1.807, 2.05) is 17.5 Å². The molecule has 4 aromatic heterocycles. The number of hydrogen-bond acceptors (Lipinski definition) is 8. The van der Waals surface area contributed by atoms with Gasteiger partial charge in [0.05, 0.1) is 12.9 Å². The molecule has 0 aliphatic carbocycles. The van der Waals surface area contributed by atoms with Crippen LogP contribution in [0.4, 0.5) is 0 Å². The summed E-state index contributed by atoms with van der Waals surface area (Å²) in [4.78, 5) is 30.5. The molecule has 0 fully saturated rings. The number of fused-ring (bicyclic) bond motifs is 1. The number of tetrazole rings is 1. The summed E-state index contributed by atoms with van der Waals surface area (Å²) in [5.74, 6) is 0.684. The zero-order valence-electron chi connectivity index (χ0n) is 15.3. The van der Waals surface area contributed by atoms with Crippen molar-refractivity contribution in [3.8, 4) is 0 Å². The summed E-state index contributed by atoms with van der Waals surface area (Å²) in [7, 11) is 3.37. The first-order chi connectivity index (χ1) is 13.6. The molecule has 0 aromatic carbocycles. The van der Waals surface area contributed by atoms with Gasteiger partial charge in [0.2, 0.25) is 5.16 Å². The van der Waals surface area contributed by atoms with Crippen molar-refractivity contribution in [3.05, 3.63) is 49.6 Å². The molecule has 0 saturated carbocycles. The maximum Gasteiger partial charge on any atom is 0.332 e. The highest BCUT2D eigenvalue weighted by Crippen LogP contribution is 2.18. The van der Waals surface area contributed by atoms with E-state index in [-0.39, 0.29) is 11.2 Å². The standard InChI is InChI=1S/C16H18N8O2S2/c1-21-10-17-13-12(21)14(25)23(16(26)22(13)2)6-4-8-28-15-18-19-20-24(15)9-11-5-3-7-27-11/h3,5,7,10H,4,6,8-9H2,1-2H3. The largest absolute Gasteiger partial charge is 0.332 e. The Labute approximate surface area is 167 Å². The Kier molecular flexibility index (Phi) is 5.13. The second-order valence-electron chi connectivity index (χ2n) is 6.23. The van der Waals surface area contributed by atoms with E-state index >= 15 is 0 Å². The number of thiophene rings is 1. The second kappa shape index (κ2) is 7.72. The summed E-state index contributed by atoms with van der Waals surface area (Å²) in [6, 6.07) is 4.03. The smallest absolute Gasteiger partial charge is 0.328 e. The molecule has 0 atom stereocenters. The number of nitrogens with zero attached hydrogens (tertiary/aromatic N) is 8. The van der Waals surface area contributed by atoms with Crippen molar-refractivity contribution in [1.29, 1.82) is 0 Å². The third kappa shape index (κ3) is 3.40. The normalized spacial score (nSPS) is 11.5. The molecule has 0 amide bonds. The summed E-state index contributed by atoms with van der Waals surface area (Å²) < 4.78 is 6.06. The van der Waals surface area contributed by atoms with E-state index in [0.29, 0.717) is 36.4 Å². The minimum Gasteiger partial charge on any atom is -0.328 e. The maximum atomic E-state index is 12.7. The lowest BCUT2D eigenvalue weighted by atomic mass is 10.4. The Morgan fingerprint density at radius 3 is 2.89 bits per heavy atom. The Hall–Kier alpha value is -2.73. The molecule has 4 rings (SSSR count). The third-order valence-corrected chi connectivity index (χ3v) is 6.25. The van der Waals surface area contributed by atoms with Crippen LogP contribution in [0.5, 0.6) is 0 Å². The number of imidazole rings is 1. The summed E-state index contributed by atoms with van der Waals surface area (Å²) in [6.45, 7) is 0.955. The van der Waals surface area contributed by atoms with E-state index in [9.17, 15) is 9.59 Å². The van der Waals surface area contributed by atoms with Crippen LogP contribution in [0.15, 0.2) is 38.6 Å². The van der Waals surface area contributed by atoms with Crippen molar-refractivity contribution in [1.82, 2.24) is 38.9 Å². The fourth-order valence-corrected chi connectivity index (χ4v) is 4.41. The fraction of sp³-hybridized carbons (Fsp3) is 0.375. The third-order valence-electron chi connectivity index (χ3n) is 4.34. The molecule has 0 radical (unpaired) electrons. The second-order valence-corrected chi connectivity index (χ2v) is 8.32. The van der Waals surface area contributed by atoms with E-state index in [1.165, 1.54) is 25.8 Å². The lowest BCUT2D eigenvalue weighted by Crippen LogP contribution is -2.39. The van der Waals surface area contributed by atoms with Crippen molar-refractivity contribution >= 4 is 34.3 Å². The molecule has 0 saturated heterocycles. The van der Waals surface area contributed by atoms with Crippen LogP contribution >= 0.6 is 23.1 Å². The average Bonchev–Trinajstić information content (AvgIpc) is 3.42. The van der Waals surface area contributed by atoms with Crippen LogP contribution in [0.3, 0.4) is 0 Å². The van der Waals surface area contributed by atoms with Gasteiger partial charge in [-0.3, -0.25) is 13.9 Å². The van der Waals surface area contributed by atoms with Crippen LogP contribution in [-0.2, 0) is 27.2 Å². The minimum atomic E-state index is -0.358. The first kappa shape index (κ1) is 18.6. The molecule has 12 heteroatoms. The van der Waals surface area contributed by atoms with Crippen LogP contribution in [0.2, 0.25) is 0 Å². The summed E-state index contributed by atoms with van der Waals surface area (Å²) in [6.07, 6.45) is 2.17. The Balaban J connectivity index is 1.44. The van der Waals surface area contributed by atoms with Crippen molar-refractivity contribution in [3.63, 3.8) is 0 Å². The van der Waals surface area contributed by atoms with Gasteiger partial charge < -0.3 is 4.57 Å². The van der Waals surface area contributed by atoms with Gasteiger partial charge in [-0.2, -0.15) is 0 Å². The minimum absolute atomic E-state index is 0.314. The number of hydrogen-bond donors (Lipinski definition) is 0. The SMILES string of the molecule is Cn1cnc2c1c(=O)n(CCCSc1nnnn1Cc1cccs1)c(=O)n2C. The van der Waals surface area contributed by atoms with Gasteiger partial charge >= 0.3 is 5.69 Å². The van der Waals surface area contributed by atoms with Crippen molar-refractivity contribution in [2.24, 2.45) is 14.1 Å². The van der Waals surface area contributed by atoms with Gasteiger partial charge in [-0.25, -0.2) is 14.5 Å². The first-order valence-electron chi connectivity index (χ1n) is 8.58. The Morgan fingerprint density at radius 2 is 2.11 bits per heavy atom. The van der Waals surface area contributed by atoms with Crippen LogP contribution < -0.4 is 11.2 Å². The lowest BCUT2D eigenvalue weighted by Gasteiger charge is -2.08. The zero-order chi connectivity index (χ0) is 19.7. The number of aromatic nitrogens is 8. The summed E-state index contributed by atoms with van der Waals surface area (Å²) in [5.41, 5.74) is 0.153. The number of aryl methyl sites for hydroxylation is 2. The topological polar surface area (TPSA) is 105 Å². The molecule has 4 heterocycles. The van der Waals surface area contributed by atoms with Gasteiger partial charge in [0.1, 0.15) is 0 Å². The molecule has 0 N–H and O–H groups in total. The summed E-state index contributed by atoms with van der Waals surface area (Å²) >= 11 is 3.16. The van der Waals surface area contributed by atoms with Crippen molar-refractivity contribution < 1.29 is 0 Å². The maximum absolute atomic E-state index is 12.7. The van der Waals surface area contributed by atoms with Crippen LogP contribution in [0.25, 0.3) is 11.2 Å². The molecular weight excluding hydrogens is 400 g/mol. The molecule has 0 unspecified atom stereocenters. The number of thioether (sulfide) groups is 1. The lowest BCUT2D eigenvalue weighted by molar-refractivity contribution is 0.591. The molecule has 146 valence electrons. The molecular formula is C16H18N8O2S2. The predicted octanol–water partition coefficient (Wildman–Crippen LogP) is 0.712. The van der Waals surface area contributed by atoms with E-state index in [1.54, 1.807) is 41.0 Å². The number of rotatable bonds is 7. The molecule has 28 heavy (non-hydrogen) atoms. The molecule has 0 spiro atoms. The molecule has 0 aliphatic rings. The zero-order valence-corrected chi connectivity index (χ0v) is 17.0. The Morgan fingerprint density at radius 1 is 1.25 bits per heavy atom. The first-order valence-corrected chi connectivity index (χ1v) is 10.4. The average molecular weight is 419 g/mol.